The zero-order valence-corrected chi connectivity index (χ0v) is 19.0. The highest BCUT2D eigenvalue weighted by atomic mass is 35.5. The fourth-order valence-electron chi connectivity index (χ4n) is 3.73. The summed E-state index contributed by atoms with van der Waals surface area (Å²) in [6, 6.07) is 16.3. The lowest BCUT2D eigenvalue weighted by molar-refractivity contribution is 0.0475. The van der Waals surface area contributed by atoms with E-state index in [1.54, 1.807) is 35.1 Å². The number of aryl methyl sites for hydroxylation is 2. The minimum atomic E-state index is -0.588. The Hall–Kier alpha value is -3.89. The van der Waals surface area contributed by atoms with Crippen LogP contribution in [0, 0.1) is 25.2 Å². The molecule has 166 valence electrons. The number of rotatable bonds is 7. The van der Waals surface area contributed by atoms with E-state index in [1.165, 1.54) is 0 Å². The molecule has 0 bridgehead atoms. The lowest BCUT2D eigenvalue weighted by Gasteiger charge is -2.07. The number of nitrogens with zero attached hydrogens (tertiary/aromatic N) is 4. The smallest absolute Gasteiger partial charge is 0.338 e. The number of fused-ring (bicyclic) bond motifs is 1. The second-order valence-electron chi connectivity index (χ2n) is 7.60. The third kappa shape index (κ3) is 4.38. The molecule has 4 aromatic rings. The van der Waals surface area contributed by atoms with Gasteiger partial charge >= 0.3 is 5.97 Å². The van der Waals surface area contributed by atoms with E-state index in [2.05, 4.69) is 11.2 Å². The zero-order valence-electron chi connectivity index (χ0n) is 18.2. The quantitative estimate of drug-likeness (QED) is 0.284. The number of hydrogen-bond donors (Lipinski definition) is 0. The van der Waals surface area contributed by atoms with Crippen molar-refractivity contribution in [1.29, 1.82) is 5.26 Å². The first kappa shape index (κ1) is 22.3. The van der Waals surface area contributed by atoms with Crippen LogP contribution in [-0.2, 0) is 11.3 Å². The lowest BCUT2D eigenvalue weighted by atomic mass is 10.1. The second kappa shape index (κ2) is 9.31. The van der Waals surface area contributed by atoms with Gasteiger partial charge in [-0.1, -0.05) is 29.8 Å². The standard InChI is InChI=1S/C25H21ClN4O3/c1-16-24(26)17(2)30(28-16)19-10-8-18(9-11-19)25(32)33-15-23(31)21-14-29(13-5-12-27)22-7-4-3-6-20(21)22/h3-4,6-11,14H,5,13,15H2,1-2H3. The summed E-state index contributed by atoms with van der Waals surface area (Å²) >= 11 is 6.21. The molecule has 8 heteroatoms. The van der Waals surface area contributed by atoms with Crippen molar-refractivity contribution >= 4 is 34.3 Å². The summed E-state index contributed by atoms with van der Waals surface area (Å²) in [5.74, 6) is -0.890. The van der Waals surface area contributed by atoms with Crippen LogP contribution < -0.4 is 0 Å². The maximum absolute atomic E-state index is 12.8. The molecular weight excluding hydrogens is 440 g/mol. The van der Waals surface area contributed by atoms with Crippen LogP contribution in [0.5, 0.6) is 0 Å². The topological polar surface area (TPSA) is 89.9 Å². The van der Waals surface area contributed by atoms with Crippen molar-refractivity contribution in [3.8, 4) is 11.8 Å². The summed E-state index contributed by atoms with van der Waals surface area (Å²) < 4.78 is 8.86. The number of ketones is 1. The monoisotopic (exact) mass is 460 g/mol. The molecule has 0 aliphatic rings. The molecule has 0 atom stereocenters. The molecule has 4 rings (SSSR count). The number of nitriles is 1. The van der Waals surface area contributed by atoms with Crippen molar-refractivity contribution in [2.45, 2.75) is 26.8 Å². The highest BCUT2D eigenvalue weighted by Crippen LogP contribution is 2.24. The van der Waals surface area contributed by atoms with Crippen LogP contribution in [0.4, 0.5) is 0 Å². The molecule has 0 unspecified atom stereocenters. The third-order valence-corrected chi connectivity index (χ3v) is 5.99. The second-order valence-corrected chi connectivity index (χ2v) is 7.98. The Kier molecular flexibility index (Phi) is 6.29. The Balaban J connectivity index is 1.46. The number of para-hydroxylation sites is 1. The SMILES string of the molecule is Cc1nn(-c2ccc(C(=O)OCC(=O)c3cn(CCC#N)c4ccccc34)cc2)c(C)c1Cl. The highest BCUT2D eigenvalue weighted by molar-refractivity contribution is 6.31. The number of hydrogen-bond acceptors (Lipinski definition) is 5. The van der Waals surface area contributed by atoms with Gasteiger partial charge in [0.2, 0.25) is 5.78 Å². The molecule has 7 nitrogen and oxygen atoms in total. The highest BCUT2D eigenvalue weighted by Gasteiger charge is 2.18. The molecule has 0 saturated heterocycles. The first-order valence-electron chi connectivity index (χ1n) is 10.4. The summed E-state index contributed by atoms with van der Waals surface area (Å²) in [5, 5.41) is 14.6. The largest absolute Gasteiger partial charge is 0.454 e. The molecule has 2 aromatic heterocycles. The number of halogens is 1. The number of Topliss-reactive ketones (excluding diaryl/α,β-unsaturated/α-hetero) is 1. The Bertz CT molecular complexity index is 1390. The van der Waals surface area contributed by atoms with Crippen LogP contribution in [0.25, 0.3) is 16.6 Å². The summed E-state index contributed by atoms with van der Waals surface area (Å²) in [6.45, 7) is 3.81. The van der Waals surface area contributed by atoms with Crippen molar-refractivity contribution in [3.05, 3.63) is 82.3 Å². The Morgan fingerprint density at radius 3 is 2.52 bits per heavy atom. The van der Waals surface area contributed by atoms with Gasteiger partial charge in [0.1, 0.15) is 0 Å². The minimum Gasteiger partial charge on any atom is -0.454 e. The molecule has 0 saturated carbocycles. The first-order valence-corrected chi connectivity index (χ1v) is 10.8. The first-order chi connectivity index (χ1) is 15.9. The van der Waals surface area contributed by atoms with Gasteiger partial charge in [0.05, 0.1) is 40.2 Å². The molecular formula is C25H21ClN4O3. The number of aromatic nitrogens is 3. The average Bonchev–Trinajstić information content (AvgIpc) is 3.33. The molecule has 0 fully saturated rings. The van der Waals surface area contributed by atoms with Crippen molar-refractivity contribution < 1.29 is 14.3 Å². The van der Waals surface area contributed by atoms with Crippen molar-refractivity contribution in [2.75, 3.05) is 6.61 Å². The van der Waals surface area contributed by atoms with Gasteiger partial charge in [-0.3, -0.25) is 4.79 Å². The van der Waals surface area contributed by atoms with Crippen molar-refractivity contribution in [1.82, 2.24) is 14.3 Å². The maximum atomic E-state index is 12.8. The molecule has 33 heavy (non-hydrogen) atoms. The number of ether oxygens (including phenoxy) is 1. The summed E-state index contributed by atoms with van der Waals surface area (Å²) in [6.07, 6.45) is 2.05. The average molecular weight is 461 g/mol. The van der Waals surface area contributed by atoms with Crippen LogP contribution in [0.3, 0.4) is 0 Å². The van der Waals surface area contributed by atoms with E-state index in [9.17, 15) is 9.59 Å². The summed E-state index contributed by atoms with van der Waals surface area (Å²) in [4.78, 5) is 25.3. The number of benzene rings is 2. The maximum Gasteiger partial charge on any atom is 0.338 e. The van der Waals surface area contributed by atoms with Gasteiger partial charge in [0.25, 0.3) is 0 Å². The van der Waals surface area contributed by atoms with Gasteiger partial charge < -0.3 is 9.30 Å². The molecule has 0 radical (unpaired) electrons. The van der Waals surface area contributed by atoms with E-state index in [1.807, 2.05) is 42.7 Å². The molecule has 2 aromatic carbocycles. The fourth-order valence-corrected chi connectivity index (χ4v) is 3.85. The third-order valence-electron chi connectivity index (χ3n) is 5.44. The van der Waals surface area contributed by atoms with E-state index < -0.39 is 5.97 Å². The zero-order chi connectivity index (χ0) is 23.5. The van der Waals surface area contributed by atoms with E-state index >= 15 is 0 Å². The number of carbonyl (C=O) groups is 2. The van der Waals surface area contributed by atoms with Crippen LogP contribution in [-0.4, -0.2) is 32.7 Å². The van der Waals surface area contributed by atoms with Crippen LogP contribution in [0.15, 0.2) is 54.7 Å². The van der Waals surface area contributed by atoms with Crippen LogP contribution in [0.2, 0.25) is 5.02 Å². The van der Waals surface area contributed by atoms with Crippen molar-refractivity contribution in [2.24, 2.45) is 0 Å². The molecule has 0 amide bonds. The van der Waals surface area contributed by atoms with Gasteiger partial charge in [-0.2, -0.15) is 10.4 Å². The molecule has 0 N–H and O–H groups in total. The van der Waals surface area contributed by atoms with E-state index in [4.69, 9.17) is 21.6 Å². The molecule has 0 aliphatic heterocycles. The number of carbonyl (C=O) groups excluding carboxylic acids is 2. The van der Waals surface area contributed by atoms with Gasteiger partial charge in [-0.15, -0.1) is 0 Å². The lowest BCUT2D eigenvalue weighted by Crippen LogP contribution is -2.14. The van der Waals surface area contributed by atoms with Crippen molar-refractivity contribution in [3.63, 3.8) is 0 Å². The van der Waals surface area contributed by atoms with Crippen LogP contribution >= 0.6 is 11.6 Å². The summed E-state index contributed by atoms with van der Waals surface area (Å²) in [5.41, 5.74) is 3.96. The van der Waals surface area contributed by atoms with Crippen LogP contribution in [0.1, 0.15) is 38.5 Å². The summed E-state index contributed by atoms with van der Waals surface area (Å²) in [7, 11) is 0. The normalized spacial score (nSPS) is 10.8. The van der Waals surface area contributed by atoms with Gasteiger partial charge in [0.15, 0.2) is 6.61 Å². The van der Waals surface area contributed by atoms with Gasteiger partial charge in [-0.05, 0) is 44.2 Å². The predicted molar refractivity (Wildman–Crippen MR) is 125 cm³/mol. The van der Waals surface area contributed by atoms with E-state index in [0.29, 0.717) is 29.1 Å². The fraction of sp³-hybridized carbons (Fsp3) is 0.200. The molecule has 0 spiro atoms. The van der Waals surface area contributed by atoms with E-state index in [-0.39, 0.29) is 12.4 Å². The molecule has 2 heterocycles. The molecule has 0 aliphatic carbocycles. The van der Waals surface area contributed by atoms with Gasteiger partial charge in [-0.25, -0.2) is 9.48 Å². The Morgan fingerprint density at radius 2 is 1.85 bits per heavy atom. The van der Waals surface area contributed by atoms with Gasteiger partial charge in [0, 0.05) is 29.2 Å². The Morgan fingerprint density at radius 1 is 1.12 bits per heavy atom. The predicted octanol–water partition coefficient (Wildman–Crippen LogP) is 5.05. The van der Waals surface area contributed by atoms with E-state index in [0.717, 1.165) is 28.0 Å². The Labute approximate surface area is 195 Å². The minimum absolute atomic E-state index is 0.302. The number of esters is 1.